The third-order valence-corrected chi connectivity index (χ3v) is 5.73. The fourth-order valence-electron chi connectivity index (χ4n) is 3.39. The van der Waals surface area contributed by atoms with Gasteiger partial charge >= 0.3 is 0 Å². The average molecular weight is 398 g/mol. The van der Waals surface area contributed by atoms with Crippen LogP contribution in [0.25, 0.3) is 0 Å². The van der Waals surface area contributed by atoms with E-state index < -0.39 is 5.91 Å². The number of nitrogens with one attached hydrogen (secondary N) is 1. The van der Waals surface area contributed by atoms with Gasteiger partial charge in [0.05, 0.1) is 25.4 Å². The van der Waals surface area contributed by atoms with Crippen molar-refractivity contribution in [2.45, 2.75) is 39.0 Å². The van der Waals surface area contributed by atoms with E-state index in [1.807, 2.05) is 17.5 Å². The normalized spacial score (nSPS) is 16.4. The first-order chi connectivity index (χ1) is 13.6. The molecule has 28 heavy (non-hydrogen) atoms. The predicted molar refractivity (Wildman–Crippen MR) is 108 cm³/mol. The van der Waals surface area contributed by atoms with Gasteiger partial charge < -0.3 is 14.6 Å². The lowest BCUT2D eigenvalue weighted by molar-refractivity contribution is 0.0952. The summed E-state index contributed by atoms with van der Waals surface area (Å²) in [5, 5.41) is 9.12. The van der Waals surface area contributed by atoms with Crippen LogP contribution in [-0.2, 0) is 17.8 Å². The zero-order valence-corrected chi connectivity index (χ0v) is 16.4. The molecule has 8 heteroatoms. The lowest BCUT2D eigenvalue weighted by Gasteiger charge is -2.14. The van der Waals surface area contributed by atoms with Crippen molar-refractivity contribution < 1.29 is 9.53 Å². The second kappa shape index (κ2) is 8.12. The van der Waals surface area contributed by atoms with Gasteiger partial charge in [0.2, 0.25) is 0 Å². The summed E-state index contributed by atoms with van der Waals surface area (Å²) >= 11 is 1.63. The van der Waals surface area contributed by atoms with Gasteiger partial charge in [0.1, 0.15) is 11.4 Å². The summed E-state index contributed by atoms with van der Waals surface area (Å²) in [6, 6.07) is 7.53. The second-order valence-electron chi connectivity index (χ2n) is 6.87. The molecule has 1 aliphatic heterocycles. The Kier molecular flexibility index (Phi) is 5.40. The molecule has 4 rings (SSSR count). The molecule has 1 aliphatic rings. The van der Waals surface area contributed by atoms with Gasteiger partial charge in [-0.15, -0.1) is 11.3 Å². The Balaban J connectivity index is 1.55. The van der Waals surface area contributed by atoms with Gasteiger partial charge in [0.25, 0.3) is 11.5 Å². The zero-order valence-electron chi connectivity index (χ0n) is 15.6. The molecule has 1 atom stereocenters. The van der Waals surface area contributed by atoms with E-state index in [4.69, 9.17) is 4.74 Å². The molecule has 1 fully saturated rings. The van der Waals surface area contributed by atoms with Crippen LogP contribution >= 0.6 is 11.3 Å². The molecular weight excluding hydrogens is 376 g/mol. The maximum absolute atomic E-state index is 12.9. The van der Waals surface area contributed by atoms with Crippen LogP contribution in [-0.4, -0.2) is 33.0 Å². The average Bonchev–Trinajstić information content (AvgIpc) is 3.42. The highest BCUT2D eigenvalue weighted by Gasteiger charge is 2.21. The van der Waals surface area contributed by atoms with Crippen molar-refractivity contribution in [2.24, 2.45) is 0 Å². The Morgan fingerprint density at radius 3 is 3.04 bits per heavy atom. The van der Waals surface area contributed by atoms with Gasteiger partial charge in [-0.1, -0.05) is 6.07 Å². The molecular formula is C20H22N4O3S. The minimum atomic E-state index is -0.419. The van der Waals surface area contributed by atoms with Gasteiger partial charge in [-0.25, -0.2) is 4.68 Å². The van der Waals surface area contributed by atoms with Crippen molar-refractivity contribution in [3.63, 3.8) is 0 Å². The summed E-state index contributed by atoms with van der Waals surface area (Å²) in [5.41, 5.74) is 0.511. The summed E-state index contributed by atoms with van der Waals surface area (Å²) < 4.78 is 8.91. The van der Waals surface area contributed by atoms with Crippen LogP contribution in [0.3, 0.4) is 0 Å². The number of nitrogens with zero attached hydrogens (tertiary/aromatic N) is 3. The van der Waals surface area contributed by atoms with Gasteiger partial charge in [0, 0.05) is 23.7 Å². The maximum Gasteiger partial charge on any atom is 0.263 e. The summed E-state index contributed by atoms with van der Waals surface area (Å²) in [4.78, 5) is 27.0. The van der Waals surface area contributed by atoms with Crippen LogP contribution in [0.1, 0.15) is 33.6 Å². The first-order valence-corrected chi connectivity index (χ1v) is 10.2. The highest BCUT2D eigenvalue weighted by Crippen LogP contribution is 2.16. The molecule has 0 aliphatic carbocycles. The van der Waals surface area contributed by atoms with Crippen LogP contribution < -0.4 is 10.9 Å². The van der Waals surface area contributed by atoms with Gasteiger partial charge in [-0.05, 0) is 42.8 Å². The summed E-state index contributed by atoms with van der Waals surface area (Å²) in [6.45, 7) is 3.54. The quantitative estimate of drug-likeness (QED) is 0.693. The SMILES string of the molecule is Cc1ccn(CC2CCCO2)c(=O)c1C(=O)Nc1ccnn1Cc1cccs1. The van der Waals surface area contributed by atoms with Gasteiger partial charge in [-0.2, -0.15) is 5.10 Å². The fourth-order valence-corrected chi connectivity index (χ4v) is 4.07. The number of thiophene rings is 1. The van der Waals surface area contributed by atoms with E-state index in [0.29, 0.717) is 24.5 Å². The molecule has 7 nitrogen and oxygen atoms in total. The first-order valence-electron chi connectivity index (χ1n) is 9.29. The number of aryl methyl sites for hydroxylation is 1. The van der Waals surface area contributed by atoms with Crippen molar-refractivity contribution in [1.82, 2.24) is 14.3 Å². The van der Waals surface area contributed by atoms with E-state index in [0.717, 1.165) is 24.3 Å². The molecule has 0 spiro atoms. The second-order valence-corrected chi connectivity index (χ2v) is 7.91. The lowest BCUT2D eigenvalue weighted by Crippen LogP contribution is -2.33. The van der Waals surface area contributed by atoms with Crippen LogP contribution in [0, 0.1) is 6.92 Å². The minimum Gasteiger partial charge on any atom is -0.376 e. The molecule has 0 aromatic carbocycles. The summed E-state index contributed by atoms with van der Waals surface area (Å²) in [5.74, 6) is 0.142. The Labute approximate surface area is 166 Å². The largest absolute Gasteiger partial charge is 0.376 e. The third kappa shape index (κ3) is 3.93. The van der Waals surface area contributed by atoms with E-state index in [9.17, 15) is 9.59 Å². The standard InChI is InChI=1S/C20H22N4O3S/c1-14-7-9-23(12-15-4-2-10-27-15)20(26)18(14)19(25)22-17-6-8-21-24(17)13-16-5-3-11-28-16/h3,5-9,11,15H,2,4,10,12-13H2,1H3,(H,22,25). The molecule has 0 bridgehead atoms. The van der Waals surface area contributed by atoms with Crippen molar-refractivity contribution in [3.8, 4) is 0 Å². The highest BCUT2D eigenvalue weighted by atomic mass is 32.1. The number of ether oxygens (including phenoxy) is 1. The van der Waals surface area contributed by atoms with Crippen molar-refractivity contribution in [1.29, 1.82) is 0 Å². The van der Waals surface area contributed by atoms with Gasteiger partial charge in [0.15, 0.2) is 0 Å². The molecule has 0 radical (unpaired) electrons. The van der Waals surface area contributed by atoms with Crippen molar-refractivity contribution in [3.05, 3.63) is 68.4 Å². The Morgan fingerprint density at radius 2 is 2.29 bits per heavy atom. The Bertz CT molecular complexity index is 1020. The molecule has 0 saturated carbocycles. The lowest BCUT2D eigenvalue weighted by atomic mass is 10.1. The topological polar surface area (TPSA) is 78.2 Å². The highest BCUT2D eigenvalue weighted by molar-refractivity contribution is 7.09. The monoisotopic (exact) mass is 398 g/mol. The zero-order chi connectivity index (χ0) is 19.5. The molecule has 146 valence electrons. The molecule has 1 N–H and O–H groups in total. The fraction of sp³-hybridized carbons (Fsp3) is 0.350. The van der Waals surface area contributed by atoms with Gasteiger partial charge in [-0.3, -0.25) is 9.59 Å². The van der Waals surface area contributed by atoms with E-state index in [1.165, 1.54) is 0 Å². The minimum absolute atomic E-state index is 0.0311. The third-order valence-electron chi connectivity index (χ3n) is 4.87. The number of rotatable bonds is 6. The Hall–Kier alpha value is -2.71. The smallest absolute Gasteiger partial charge is 0.263 e. The number of anilines is 1. The number of carbonyl (C=O) groups is 1. The van der Waals surface area contributed by atoms with Crippen LogP contribution in [0.5, 0.6) is 0 Å². The van der Waals surface area contributed by atoms with Crippen molar-refractivity contribution >= 4 is 23.1 Å². The molecule has 3 aromatic heterocycles. The predicted octanol–water partition coefficient (Wildman–Crippen LogP) is 2.89. The number of aromatic nitrogens is 3. The molecule has 1 amide bonds. The van der Waals surface area contributed by atoms with Crippen LogP contribution in [0.4, 0.5) is 5.82 Å². The number of carbonyl (C=O) groups excluding carboxylic acids is 1. The van der Waals surface area contributed by atoms with Crippen molar-refractivity contribution in [2.75, 3.05) is 11.9 Å². The molecule has 3 aromatic rings. The number of hydrogen-bond donors (Lipinski definition) is 1. The summed E-state index contributed by atoms with van der Waals surface area (Å²) in [6.07, 6.45) is 5.34. The molecule has 4 heterocycles. The van der Waals surface area contributed by atoms with E-state index in [2.05, 4.69) is 10.4 Å². The van der Waals surface area contributed by atoms with E-state index >= 15 is 0 Å². The van der Waals surface area contributed by atoms with Crippen LogP contribution in [0.15, 0.2) is 46.8 Å². The van der Waals surface area contributed by atoms with E-state index in [-0.39, 0.29) is 17.2 Å². The summed E-state index contributed by atoms with van der Waals surface area (Å²) in [7, 11) is 0. The number of amides is 1. The molecule has 1 unspecified atom stereocenters. The number of hydrogen-bond acceptors (Lipinski definition) is 5. The van der Waals surface area contributed by atoms with E-state index in [1.54, 1.807) is 52.0 Å². The van der Waals surface area contributed by atoms with Crippen LogP contribution in [0.2, 0.25) is 0 Å². The molecule has 1 saturated heterocycles. The Morgan fingerprint density at radius 1 is 1.39 bits per heavy atom. The first kappa shape index (κ1) is 18.6. The number of pyridine rings is 1. The maximum atomic E-state index is 12.9.